The average Bonchev–Trinajstić information content (AvgIpc) is 2.68. The highest BCUT2D eigenvalue weighted by Gasteiger charge is 2.22. The third kappa shape index (κ3) is 3.30. The highest BCUT2D eigenvalue weighted by molar-refractivity contribution is 4.91. The molecule has 0 amide bonds. The maximum absolute atomic E-state index is 4.37. The Hall–Kier alpha value is -0.870. The molecular weight excluding hydrogens is 212 g/mol. The van der Waals surface area contributed by atoms with E-state index in [1.54, 1.807) is 0 Å². The molecule has 1 N–H and O–H groups in total. The Bertz CT molecular complexity index is 347. The minimum Gasteiger partial charge on any atom is -0.337 e. The molecule has 2 unspecified atom stereocenters. The minimum atomic E-state index is 0.633. The van der Waals surface area contributed by atoms with Crippen molar-refractivity contribution in [1.29, 1.82) is 0 Å². The summed E-state index contributed by atoms with van der Waals surface area (Å²) < 4.78 is 2.09. The van der Waals surface area contributed by atoms with Crippen molar-refractivity contribution < 1.29 is 0 Å². The van der Waals surface area contributed by atoms with Crippen molar-refractivity contribution in [3.63, 3.8) is 0 Å². The van der Waals surface area contributed by atoms with Crippen molar-refractivity contribution in [2.75, 3.05) is 20.1 Å². The van der Waals surface area contributed by atoms with Crippen molar-refractivity contribution in [3.05, 3.63) is 18.2 Å². The first-order valence-electron chi connectivity index (χ1n) is 6.55. The van der Waals surface area contributed by atoms with Gasteiger partial charge in [-0.2, -0.15) is 0 Å². The van der Waals surface area contributed by atoms with Crippen molar-refractivity contribution in [3.8, 4) is 0 Å². The van der Waals surface area contributed by atoms with Gasteiger partial charge in [0.2, 0.25) is 0 Å². The molecule has 1 aliphatic rings. The van der Waals surface area contributed by atoms with Crippen LogP contribution in [0, 0.1) is 5.92 Å². The van der Waals surface area contributed by atoms with E-state index in [1.165, 1.54) is 19.4 Å². The smallest absolute Gasteiger partial charge is 0.122 e. The van der Waals surface area contributed by atoms with Gasteiger partial charge in [0.1, 0.15) is 5.82 Å². The molecule has 1 aliphatic heterocycles. The molecule has 4 heteroatoms. The third-order valence-electron chi connectivity index (χ3n) is 3.77. The summed E-state index contributed by atoms with van der Waals surface area (Å²) in [6.45, 7) is 5.55. The van der Waals surface area contributed by atoms with Crippen molar-refractivity contribution in [1.82, 2.24) is 19.8 Å². The van der Waals surface area contributed by atoms with Crippen LogP contribution in [-0.4, -0.2) is 40.6 Å². The van der Waals surface area contributed by atoms with Gasteiger partial charge in [-0.1, -0.05) is 6.92 Å². The lowest BCUT2D eigenvalue weighted by atomic mass is 9.92. The first-order valence-corrected chi connectivity index (χ1v) is 6.55. The molecule has 0 bridgehead atoms. The summed E-state index contributed by atoms with van der Waals surface area (Å²) in [5.74, 6) is 1.92. The van der Waals surface area contributed by atoms with Gasteiger partial charge in [0, 0.05) is 32.0 Å². The second kappa shape index (κ2) is 5.65. The van der Waals surface area contributed by atoms with E-state index < -0.39 is 0 Å². The lowest BCUT2D eigenvalue weighted by Crippen LogP contribution is -2.47. The van der Waals surface area contributed by atoms with Gasteiger partial charge >= 0.3 is 0 Å². The third-order valence-corrected chi connectivity index (χ3v) is 3.77. The summed E-state index contributed by atoms with van der Waals surface area (Å²) in [5, 5.41) is 3.63. The summed E-state index contributed by atoms with van der Waals surface area (Å²) in [4.78, 5) is 6.73. The van der Waals surface area contributed by atoms with Gasteiger partial charge in [-0.3, -0.25) is 4.90 Å². The van der Waals surface area contributed by atoms with Crippen LogP contribution in [0.4, 0.5) is 0 Å². The summed E-state index contributed by atoms with van der Waals surface area (Å²) in [6, 6.07) is 0.633. The van der Waals surface area contributed by atoms with Gasteiger partial charge < -0.3 is 9.88 Å². The Morgan fingerprint density at radius 3 is 3.06 bits per heavy atom. The quantitative estimate of drug-likeness (QED) is 0.854. The molecule has 2 rings (SSSR count). The van der Waals surface area contributed by atoms with Crippen molar-refractivity contribution in [2.24, 2.45) is 13.0 Å². The van der Waals surface area contributed by atoms with E-state index in [0.29, 0.717) is 6.04 Å². The molecule has 1 fully saturated rings. The van der Waals surface area contributed by atoms with Gasteiger partial charge in [-0.15, -0.1) is 0 Å². The van der Waals surface area contributed by atoms with E-state index in [9.17, 15) is 0 Å². The zero-order valence-corrected chi connectivity index (χ0v) is 11.2. The maximum Gasteiger partial charge on any atom is 0.122 e. The average molecular weight is 236 g/mol. The van der Waals surface area contributed by atoms with Crippen LogP contribution < -0.4 is 5.32 Å². The maximum atomic E-state index is 4.37. The van der Waals surface area contributed by atoms with E-state index in [4.69, 9.17) is 0 Å². The molecule has 2 atom stereocenters. The Balaban J connectivity index is 1.84. The molecule has 1 aromatic rings. The Kier molecular flexibility index (Phi) is 4.18. The predicted molar refractivity (Wildman–Crippen MR) is 69.7 cm³/mol. The zero-order chi connectivity index (χ0) is 12.3. The van der Waals surface area contributed by atoms with Crippen LogP contribution in [0.1, 0.15) is 25.6 Å². The molecule has 0 aromatic carbocycles. The number of aromatic nitrogens is 2. The van der Waals surface area contributed by atoms with Crippen LogP contribution >= 0.6 is 0 Å². The number of rotatable bonds is 4. The number of nitrogens with one attached hydrogen (secondary N) is 1. The molecule has 4 nitrogen and oxygen atoms in total. The fourth-order valence-corrected chi connectivity index (χ4v) is 2.55. The molecule has 17 heavy (non-hydrogen) atoms. The van der Waals surface area contributed by atoms with E-state index in [1.807, 2.05) is 12.4 Å². The molecule has 96 valence electrons. The van der Waals surface area contributed by atoms with Crippen molar-refractivity contribution in [2.45, 2.75) is 32.4 Å². The van der Waals surface area contributed by atoms with Gasteiger partial charge in [0.25, 0.3) is 0 Å². The summed E-state index contributed by atoms with van der Waals surface area (Å²) >= 11 is 0. The molecule has 0 aliphatic carbocycles. The molecule has 2 heterocycles. The first kappa shape index (κ1) is 12.6. The topological polar surface area (TPSA) is 33.1 Å². The van der Waals surface area contributed by atoms with Gasteiger partial charge in [0.15, 0.2) is 0 Å². The standard InChI is InChI=1S/C13H24N4/c1-11-5-4-6-14-12(11)9-16(2)10-13-15-7-8-17(13)3/h7-8,11-12,14H,4-6,9-10H2,1-3H3. The first-order chi connectivity index (χ1) is 8.16. The summed E-state index contributed by atoms with van der Waals surface area (Å²) in [5.41, 5.74) is 0. The largest absolute Gasteiger partial charge is 0.337 e. The monoisotopic (exact) mass is 236 g/mol. The molecule has 1 saturated heterocycles. The van der Waals surface area contributed by atoms with Crippen LogP contribution in [0.5, 0.6) is 0 Å². The number of likely N-dealkylation sites (N-methyl/N-ethyl adjacent to an activating group) is 1. The fraction of sp³-hybridized carbons (Fsp3) is 0.769. The van der Waals surface area contributed by atoms with Crippen molar-refractivity contribution >= 4 is 0 Å². The molecule has 0 spiro atoms. The number of imidazole rings is 1. The van der Waals surface area contributed by atoms with Gasteiger partial charge in [-0.25, -0.2) is 4.98 Å². The second-order valence-corrected chi connectivity index (χ2v) is 5.33. The zero-order valence-electron chi connectivity index (χ0n) is 11.2. The van der Waals surface area contributed by atoms with Crippen LogP contribution in [0.15, 0.2) is 12.4 Å². The molecular formula is C13H24N4. The highest BCUT2D eigenvalue weighted by Crippen LogP contribution is 2.16. The number of piperidine rings is 1. The number of aryl methyl sites for hydroxylation is 1. The lowest BCUT2D eigenvalue weighted by molar-refractivity contribution is 0.208. The number of nitrogens with zero attached hydrogens (tertiary/aromatic N) is 3. The number of hydrogen-bond acceptors (Lipinski definition) is 3. The SMILES string of the molecule is CC1CCCNC1CN(C)Cc1nccn1C. The van der Waals surface area contributed by atoms with Gasteiger partial charge in [0.05, 0.1) is 6.54 Å². The van der Waals surface area contributed by atoms with Gasteiger partial charge in [-0.05, 0) is 32.4 Å². The highest BCUT2D eigenvalue weighted by atomic mass is 15.2. The Morgan fingerprint density at radius 2 is 2.41 bits per heavy atom. The van der Waals surface area contributed by atoms with E-state index in [-0.39, 0.29) is 0 Å². The number of hydrogen-bond donors (Lipinski definition) is 1. The molecule has 0 radical (unpaired) electrons. The fourth-order valence-electron chi connectivity index (χ4n) is 2.55. The molecule has 1 aromatic heterocycles. The van der Waals surface area contributed by atoms with Crippen LogP contribution in [-0.2, 0) is 13.6 Å². The van der Waals surface area contributed by atoms with E-state index >= 15 is 0 Å². The Labute approximate surface area is 104 Å². The summed E-state index contributed by atoms with van der Waals surface area (Å²) in [7, 11) is 4.23. The van der Waals surface area contributed by atoms with Crippen LogP contribution in [0.2, 0.25) is 0 Å². The molecule has 0 saturated carbocycles. The minimum absolute atomic E-state index is 0.633. The normalized spacial score (nSPS) is 25.4. The second-order valence-electron chi connectivity index (χ2n) is 5.33. The van der Waals surface area contributed by atoms with E-state index in [0.717, 1.165) is 24.8 Å². The summed E-state index contributed by atoms with van der Waals surface area (Å²) in [6.07, 6.45) is 6.55. The van der Waals surface area contributed by atoms with Crippen LogP contribution in [0.3, 0.4) is 0 Å². The van der Waals surface area contributed by atoms with E-state index in [2.05, 4.69) is 40.8 Å². The predicted octanol–water partition coefficient (Wildman–Crippen LogP) is 1.24. The lowest BCUT2D eigenvalue weighted by Gasteiger charge is -2.33. The van der Waals surface area contributed by atoms with Crippen LogP contribution in [0.25, 0.3) is 0 Å². The Morgan fingerprint density at radius 1 is 1.59 bits per heavy atom.